The number of fused-ring (bicyclic) bond motifs is 2. The molecule has 0 atom stereocenters. The first-order chi connectivity index (χ1) is 12.2. The second-order valence-corrected chi connectivity index (χ2v) is 5.60. The monoisotopic (exact) mass is 337 g/mol. The van der Waals surface area contributed by atoms with Crippen molar-refractivity contribution < 1.29 is 14.3 Å². The number of nitrogens with zero attached hydrogens (tertiary/aromatic N) is 1. The number of carbonyl (C=O) groups is 1. The van der Waals surface area contributed by atoms with Crippen molar-refractivity contribution in [3.05, 3.63) is 64.2 Å². The molecule has 2 heterocycles. The van der Waals surface area contributed by atoms with E-state index in [2.05, 4.69) is 15.3 Å². The van der Waals surface area contributed by atoms with Crippen molar-refractivity contribution in [2.24, 2.45) is 0 Å². The van der Waals surface area contributed by atoms with Gasteiger partial charge in [-0.05, 0) is 30.3 Å². The summed E-state index contributed by atoms with van der Waals surface area (Å²) in [5.41, 5.74) is 0.954. The zero-order valence-electron chi connectivity index (χ0n) is 13.2. The number of amides is 1. The Morgan fingerprint density at radius 1 is 1.16 bits per heavy atom. The molecule has 0 radical (unpaired) electrons. The van der Waals surface area contributed by atoms with Crippen LogP contribution in [0, 0.1) is 0 Å². The summed E-state index contributed by atoms with van der Waals surface area (Å²) in [6, 6.07) is 12.2. The molecule has 1 aliphatic heterocycles. The van der Waals surface area contributed by atoms with Crippen molar-refractivity contribution in [3.8, 4) is 11.5 Å². The smallest absolute Gasteiger partial charge is 0.258 e. The molecule has 3 aromatic rings. The average molecular weight is 337 g/mol. The first-order valence-electron chi connectivity index (χ1n) is 7.86. The highest BCUT2D eigenvalue weighted by molar-refractivity contribution is 5.94. The Kier molecular flexibility index (Phi) is 3.81. The number of aromatic nitrogens is 2. The second kappa shape index (κ2) is 6.27. The van der Waals surface area contributed by atoms with Gasteiger partial charge in [-0.1, -0.05) is 12.1 Å². The van der Waals surface area contributed by atoms with Crippen molar-refractivity contribution >= 4 is 16.8 Å². The predicted molar refractivity (Wildman–Crippen MR) is 91.0 cm³/mol. The van der Waals surface area contributed by atoms with Crippen molar-refractivity contribution in [2.75, 3.05) is 13.3 Å². The number of para-hydroxylation sites is 1. The van der Waals surface area contributed by atoms with Gasteiger partial charge in [0.1, 0.15) is 5.82 Å². The molecule has 0 fully saturated rings. The lowest BCUT2D eigenvalue weighted by Crippen LogP contribution is -2.26. The molecule has 2 N–H and O–H groups in total. The Labute approximate surface area is 142 Å². The molecule has 2 aromatic carbocycles. The van der Waals surface area contributed by atoms with Crippen LogP contribution in [-0.2, 0) is 6.42 Å². The highest BCUT2D eigenvalue weighted by Crippen LogP contribution is 2.32. The van der Waals surface area contributed by atoms with Gasteiger partial charge in [0.15, 0.2) is 11.5 Å². The van der Waals surface area contributed by atoms with E-state index >= 15 is 0 Å². The second-order valence-electron chi connectivity index (χ2n) is 5.60. The van der Waals surface area contributed by atoms with Crippen LogP contribution in [0.2, 0.25) is 0 Å². The van der Waals surface area contributed by atoms with E-state index in [1.165, 1.54) is 0 Å². The molecule has 0 saturated carbocycles. The minimum atomic E-state index is -0.221. The number of nitrogens with one attached hydrogen (secondary N) is 2. The fourth-order valence-corrected chi connectivity index (χ4v) is 2.69. The molecular weight excluding hydrogens is 322 g/mol. The van der Waals surface area contributed by atoms with E-state index in [1.807, 2.05) is 6.07 Å². The Hall–Kier alpha value is -3.35. The third-order valence-electron chi connectivity index (χ3n) is 3.94. The number of carbonyl (C=O) groups excluding carboxylic acids is 1. The van der Waals surface area contributed by atoms with E-state index in [0.29, 0.717) is 46.8 Å². The molecule has 0 spiro atoms. The van der Waals surface area contributed by atoms with Crippen molar-refractivity contribution in [1.82, 2.24) is 15.3 Å². The Balaban J connectivity index is 1.42. The summed E-state index contributed by atoms with van der Waals surface area (Å²) in [7, 11) is 0. The van der Waals surface area contributed by atoms with E-state index in [9.17, 15) is 9.59 Å². The molecular formula is C18H15N3O4. The Bertz CT molecular complexity index is 1010. The standard InChI is InChI=1S/C18H15N3O4/c22-17(11-5-6-14-15(9-11)25-10-24-14)19-8-7-16-20-13-4-2-1-3-12(13)18(23)21-16/h1-6,9H,7-8,10H2,(H,19,22)(H,20,21,23). The number of aromatic amines is 1. The number of ether oxygens (including phenoxy) is 2. The zero-order chi connectivity index (χ0) is 17.2. The molecule has 4 rings (SSSR count). The first-order valence-corrected chi connectivity index (χ1v) is 7.86. The molecule has 25 heavy (non-hydrogen) atoms. The molecule has 1 aliphatic rings. The minimum absolute atomic E-state index is 0.168. The first kappa shape index (κ1) is 15.2. The van der Waals surface area contributed by atoms with Crippen molar-refractivity contribution in [1.29, 1.82) is 0 Å². The molecule has 7 nitrogen and oxygen atoms in total. The van der Waals surface area contributed by atoms with E-state index in [4.69, 9.17) is 9.47 Å². The van der Waals surface area contributed by atoms with E-state index in [1.54, 1.807) is 36.4 Å². The third kappa shape index (κ3) is 3.03. The summed E-state index contributed by atoms with van der Waals surface area (Å²) in [5, 5.41) is 3.36. The lowest BCUT2D eigenvalue weighted by Gasteiger charge is -2.06. The lowest BCUT2D eigenvalue weighted by molar-refractivity contribution is 0.0953. The van der Waals surface area contributed by atoms with Crippen LogP contribution in [0.25, 0.3) is 10.9 Å². The molecule has 1 amide bonds. The topological polar surface area (TPSA) is 93.3 Å². The number of H-pyrrole nitrogens is 1. The lowest BCUT2D eigenvalue weighted by atomic mass is 10.2. The van der Waals surface area contributed by atoms with Crippen LogP contribution in [0.15, 0.2) is 47.3 Å². The molecule has 0 bridgehead atoms. The molecule has 7 heteroatoms. The fourth-order valence-electron chi connectivity index (χ4n) is 2.69. The van der Waals surface area contributed by atoms with E-state index in [0.717, 1.165) is 0 Å². The van der Waals surface area contributed by atoms with Gasteiger partial charge in [0.2, 0.25) is 6.79 Å². The molecule has 1 aromatic heterocycles. The van der Waals surface area contributed by atoms with Gasteiger partial charge in [-0.2, -0.15) is 0 Å². The summed E-state index contributed by atoms with van der Waals surface area (Å²) in [4.78, 5) is 31.4. The van der Waals surface area contributed by atoms with Gasteiger partial charge in [0.05, 0.1) is 10.9 Å². The van der Waals surface area contributed by atoms with Crippen LogP contribution in [-0.4, -0.2) is 29.2 Å². The average Bonchev–Trinajstić information content (AvgIpc) is 3.09. The zero-order valence-corrected chi connectivity index (χ0v) is 13.2. The fraction of sp³-hybridized carbons (Fsp3) is 0.167. The van der Waals surface area contributed by atoms with E-state index < -0.39 is 0 Å². The quantitative estimate of drug-likeness (QED) is 0.755. The largest absolute Gasteiger partial charge is 0.454 e. The van der Waals surface area contributed by atoms with Gasteiger partial charge in [0.25, 0.3) is 11.5 Å². The number of hydrogen-bond acceptors (Lipinski definition) is 5. The van der Waals surface area contributed by atoms with Gasteiger partial charge >= 0.3 is 0 Å². The Morgan fingerprint density at radius 3 is 2.92 bits per heavy atom. The minimum Gasteiger partial charge on any atom is -0.454 e. The van der Waals surface area contributed by atoms with Gasteiger partial charge in [-0.25, -0.2) is 4.98 Å². The maximum Gasteiger partial charge on any atom is 0.258 e. The van der Waals surface area contributed by atoms with Gasteiger partial charge in [-0.3, -0.25) is 9.59 Å². The van der Waals surface area contributed by atoms with Gasteiger partial charge < -0.3 is 19.8 Å². The SMILES string of the molecule is O=C(NCCc1nc2ccccc2c(=O)[nH]1)c1ccc2c(c1)OCO2. The highest BCUT2D eigenvalue weighted by Gasteiger charge is 2.16. The van der Waals surface area contributed by atoms with Crippen LogP contribution >= 0.6 is 0 Å². The molecule has 0 aliphatic carbocycles. The van der Waals surface area contributed by atoms with Crippen molar-refractivity contribution in [2.45, 2.75) is 6.42 Å². The number of benzene rings is 2. The predicted octanol–water partition coefficient (Wildman–Crippen LogP) is 1.62. The Morgan fingerprint density at radius 2 is 2.00 bits per heavy atom. The normalized spacial score (nSPS) is 12.3. The van der Waals surface area contributed by atoms with Gasteiger partial charge in [-0.15, -0.1) is 0 Å². The van der Waals surface area contributed by atoms with Gasteiger partial charge in [0, 0.05) is 18.5 Å². The number of hydrogen-bond donors (Lipinski definition) is 2. The van der Waals surface area contributed by atoms with Crippen LogP contribution in [0.3, 0.4) is 0 Å². The van der Waals surface area contributed by atoms with Crippen LogP contribution in [0.1, 0.15) is 16.2 Å². The maximum absolute atomic E-state index is 12.2. The summed E-state index contributed by atoms with van der Waals surface area (Å²) in [6.45, 7) is 0.524. The molecule has 0 saturated heterocycles. The van der Waals surface area contributed by atoms with Crippen LogP contribution in [0.5, 0.6) is 11.5 Å². The molecule has 126 valence electrons. The summed E-state index contributed by atoms with van der Waals surface area (Å²) in [6.07, 6.45) is 0.427. The summed E-state index contributed by atoms with van der Waals surface area (Å²) >= 11 is 0. The summed E-state index contributed by atoms with van der Waals surface area (Å²) < 4.78 is 10.5. The summed E-state index contributed by atoms with van der Waals surface area (Å²) in [5.74, 6) is 1.51. The van der Waals surface area contributed by atoms with Crippen LogP contribution < -0.4 is 20.3 Å². The number of rotatable bonds is 4. The highest BCUT2D eigenvalue weighted by atomic mass is 16.7. The molecule has 0 unspecified atom stereocenters. The van der Waals surface area contributed by atoms with Crippen LogP contribution in [0.4, 0.5) is 0 Å². The van der Waals surface area contributed by atoms with Crippen molar-refractivity contribution in [3.63, 3.8) is 0 Å². The third-order valence-corrected chi connectivity index (χ3v) is 3.94. The van der Waals surface area contributed by atoms with E-state index in [-0.39, 0.29) is 18.3 Å². The maximum atomic E-state index is 12.2.